The van der Waals surface area contributed by atoms with Gasteiger partial charge in [-0.1, -0.05) is 20.8 Å². The first-order chi connectivity index (χ1) is 8.10. The summed E-state index contributed by atoms with van der Waals surface area (Å²) in [6.07, 6.45) is -0.480. The van der Waals surface area contributed by atoms with Crippen molar-refractivity contribution in [3.63, 3.8) is 0 Å². The van der Waals surface area contributed by atoms with E-state index in [1.54, 1.807) is 0 Å². The smallest absolute Gasteiger partial charge is 0.407 e. The molecule has 0 aromatic rings. The van der Waals surface area contributed by atoms with E-state index in [0.29, 0.717) is 13.0 Å². The van der Waals surface area contributed by atoms with Crippen LogP contribution in [0, 0.1) is 0 Å². The fourth-order valence-corrected chi connectivity index (χ4v) is 3.36. The largest absolute Gasteiger partial charge is 0.465 e. The first-order valence-corrected chi connectivity index (χ1v) is 9.29. The zero-order chi connectivity index (χ0) is 14.1. The van der Waals surface area contributed by atoms with Gasteiger partial charge in [-0.2, -0.15) is 0 Å². The molecule has 0 bridgehead atoms. The van der Waals surface area contributed by atoms with E-state index in [2.05, 4.69) is 33.9 Å². The van der Waals surface area contributed by atoms with Crippen LogP contribution >= 0.6 is 0 Å². The maximum absolute atomic E-state index is 11.0. The van der Waals surface area contributed by atoms with Gasteiger partial charge >= 0.3 is 6.09 Å². The first-order valence-electron chi connectivity index (χ1n) is 6.38. The van der Waals surface area contributed by atoms with E-state index < -0.39 is 20.5 Å². The molecule has 1 rings (SSSR count). The summed E-state index contributed by atoms with van der Waals surface area (Å²) in [6.45, 7) is 11.0. The number of hydrogen-bond donors (Lipinski definition) is 2. The molecule has 0 aliphatic carbocycles. The molecule has 0 radical (unpaired) electrons. The van der Waals surface area contributed by atoms with Crippen molar-refractivity contribution in [3.05, 3.63) is 0 Å². The average molecular weight is 275 g/mol. The van der Waals surface area contributed by atoms with Gasteiger partial charge < -0.3 is 19.5 Å². The Morgan fingerprint density at radius 2 is 2.00 bits per heavy atom. The Balaban J connectivity index is 2.77. The SMILES string of the molecule is CC(C)(C)[Si](C)(C)OC1CCN(C(=O)O)C1CO. The molecule has 1 aliphatic heterocycles. The molecule has 6 heteroatoms. The summed E-state index contributed by atoms with van der Waals surface area (Å²) in [4.78, 5) is 12.3. The highest BCUT2D eigenvalue weighted by molar-refractivity contribution is 6.74. The van der Waals surface area contributed by atoms with Gasteiger partial charge in [-0.3, -0.25) is 0 Å². The number of amides is 1. The maximum Gasteiger partial charge on any atom is 0.407 e. The van der Waals surface area contributed by atoms with Crippen LogP contribution in [0.4, 0.5) is 4.79 Å². The summed E-state index contributed by atoms with van der Waals surface area (Å²) in [5, 5.41) is 18.5. The molecule has 106 valence electrons. The molecule has 1 saturated heterocycles. The Morgan fingerprint density at radius 3 is 2.39 bits per heavy atom. The molecule has 2 atom stereocenters. The lowest BCUT2D eigenvalue weighted by Gasteiger charge is -2.39. The molecule has 0 saturated carbocycles. The van der Waals surface area contributed by atoms with Crippen LogP contribution < -0.4 is 0 Å². The molecule has 0 aromatic heterocycles. The highest BCUT2D eigenvalue weighted by Gasteiger charge is 2.44. The van der Waals surface area contributed by atoms with Gasteiger partial charge in [0.05, 0.1) is 18.8 Å². The van der Waals surface area contributed by atoms with Gasteiger partial charge in [-0.05, 0) is 24.6 Å². The quantitative estimate of drug-likeness (QED) is 0.774. The summed E-state index contributed by atoms with van der Waals surface area (Å²) < 4.78 is 6.22. The van der Waals surface area contributed by atoms with Crippen molar-refractivity contribution >= 4 is 14.4 Å². The molecule has 0 aromatic carbocycles. The summed E-state index contributed by atoms with van der Waals surface area (Å²) in [5.41, 5.74) is 0. The number of aliphatic hydroxyl groups is 1. The molecular weight excluding hydrogens is 250 g/mol. The van der Waals surface area contributed by atoms with Gasteiger partial charge in [0.2, 0.25) is 0 Å². The lowest BCUT2D eigenvalue weighted by atomic mass is 10.2. The second kappa shape index (κ2) is 5.18. The minimum atomic E-state index is -1.92. The zero-order valence-electron chi connectivity index (χ0n) is 11.9. The van der Waals surface area contributed by atoms with E-state index in [-0.39, 0.29) is 17.7 Å². The number of likely N-dealkylation sites (tertiary alicyclic amines) is 1. The van der Waals surface area contributed by atoms with Crippen molar-refractivity contribution in [2.75, 3.05) is 13.2 Å². The standard InChI is InChI=1S/C12H25NO4Si/c1-12(2,3)18(4,5)17-10-6-7-13(11(15)16)9(10)8-14/h9-10,14H,6-8H2,1-5H3,(H,15,16). The Morgan fingerprint density at radius 1 is 1.44 bits per heavy atom. The number of nitrogens with zero attached hydrogens (tertiary/aromatic N) is 1. The minimum absolute atomic E-state index is 0.0870. The minimum Gasteiger partial charge on any atom is -0.465 e. The highest BCUT2D eigenvalue weighted by atomic mass is 28.4. The second-order valence-corrected chi connectivity index (χ2v) is 11.2. The van der Waals surface area contributed by atoms with Crippen LogP contribution in [0.3, 0.4) is 0 Å². The third-order valence-electron chi connectivity index (χ3n) is 4.17. The van der Waals surface area contributed by atoms with Crippen molar-refractivity contribution in [1.82, 2.24) is 4.90 Å². The third kappa shape index (κ3) is 3.04. The predicted octanol–water partition coefficient (Wildman–Crippen LogP) is 2.12. The summed E-state index contributed by atoms with van der Waals surface area (Å²) in [6, 6.07) is -0.420. The van der Waals surface area contributed by atoms with E-state index in [9.17, 15) is 9.90 Å². The monoisotopic (exact) mass is 275 g/mol. The number of carboxylic acid groups (broad SMARTS) is 1. The first kappa shape index (κ1) is 15.5. The number of rotatable bonds is 3. The van der Waals surface area contributed by atoms with Crippen molar-refractivity contribution in [3.8, 4) is 0 Å². The molecule has 5 nitrogen and oxygen atoms in total. The topological polar surface area (TPSA) is 70.0 Å². The lowest BCUT2D eigenvalue weighted by molar-refractivity contribution is 0.0717. The van der Waals surface area contributed by atoms with Crippen LogP contribution in [0.15, 0.2) is 0 Å². The Bertz CT molecular complexity index is 314. The van der Waals surface area contributed by atoms with Gasteiger partial charge in [-0.25, -0.2) is 4.79 Å². The predicted molar refractivity (Wildman–Crippen MR) is 72.3 cm³/mol. The van der Waals surface area contributed by atoms with Crippen LogP contribution in [0.5, 0.6) is 0 Å². The molecule has 1 heterocycles. The number of carbonyl (C=O) groups is 1. The Labute approximate surface area is 110 Å². The lowest BCUT2D eigenvalue weighted by Crippen LogP contribution is -2.49. The molecule has 2 unspecified atom stereocenters. The van der Waals surface area contributed by atoms with Gasteiger partial charge in [0.15, 0.2) is 8.32 Å². The van der Waals surface area contributed by atoms with E-state index in [1.165, 1.54) is 4.90 Å². The van der Waals surface area contributed by atoms with Crippen LogP contribution in [0.2, 0.25) is 18.1 Å². The second-order valence-electron chi connectivity index (χ2n) is 6.43. The van der Waals surface area contributed by atoms with Crippen molar-refractivity contribution in [1.29, 1.82) is 0 Å². The van der Waals surface area contributed by atoms with E-state index >= 15 is 0 Å². The summed E-state index contributed by atoms with van der Waals surface area (Å²) in [7, 11) is -1.92. The molecule has 1 amide bonds. The molecule has 0 spiro atoms. The Hall–Kier alpha value is -0.593. The number of aliphatic hydroxyl groups excluding tert-OH is 1. The van der Waals surface area contributed by atoms with Gasteiger partial charge in [-0.15, -0.1) is 0 Å². The van der Waals surface area contributed by atoms with Crippen molar-refractivity contribution < 1.29 is 19.4 Å². The van der Waals surface area contributed by atoms with Crippen molar-refractivity contribution in [2.45, 2.75) is 57.5 Å². The van der Waals surface area contributed by atoms with E-state index in [4.69, 9.17) is 9.53 Å². The fourth-order valence-electron chi connectivity index (χ4n) is 1.97. The van der Waals surface area contributed by atoms with E-state index in [1.807, 2.05) is 0 Å². The third-order valence-corrected chi connectivity index (χ3v) is 8.67. The van der Waals surface area contributed by atoms with Crippen LogP contribution in [-0.4, -0.2) is 54.8 Å². The molecule has 1 aliphatic rings. The van der Waals surface area contributed by atoms with Crippen LogP contribution in [0.1, 0.15) is 27.2 Å². The highest BCUT2D eigenvalue weighted by Crippen LogP contribution is 2.39. The van der Waals surface area contributed by atoms with Crippen LogP contribution in [0.25, 0.3) is 0 Å². The summed E-state index contributed by atoms with van der Waals surface area (Å²) >= 11 is 0. The Kier molecular flexibility index (Phi) is 4.45. The fraction of sp³-hybridized carbons (Fsp3) is 0.917. The van der Waals surface area contributed by atoms with Gasteiger partial charge in [0.1, 0.15) is 0 Å². The number of hydrogen-bond acceptors (Lipinski definition) is 3. The van der Waals surface area contributed by atoms with Gasteiger partial charge in [0.25, 0.3) is 0 Å². The van der Waals surface area contributed by atoms with Crippen molar-refractivity contribution in [2.24, 2.45) is 0 Å². The zero-order valence-corrected chi connectivity index (χ0v) is 12.9. The van der Waals surface area contributed by atoms with Crippen LogP contribution in [-0.2, 0) is 4.43 Å². The summed E-state index contributed by atoms with van der Waals surface area (Å²) in [5.74, 6) is 0. The molecule has 1 fully saturated rings. The van der Waals surface area contributed by atoms with Gasteiger partial charge in [0, 0.05) is 6.54 Å². The molecule has 2 N–H and O–H groups in total. The average Bonchev–Trinajstić information content (AvgIpc) is 2.58. The maximum atomic E-state index is 11.0. The normalized spacial score (nSPS) is 25.6. The molecular formula is C12H25NO4Si. The van der Waals surface area contributed by atoms with E-state index in [0.717, 1.165) is 0 Å². The molecule has 18 heavy (non-hydrogen) atoms.